The van der Waals surface area contributed by atoms with Crippen LogP contribution in [0.3, 0.4) is 0 Å². The smallest absolute Gasteiger partial charge is 0.0452 e. The molecule has 3 heteroatoms. The molecule has 1 unspecified atom stereocenters. The second-order valence-corrected chi connectivity index (χ2v) is 4.48. The summed E-state index contributed by atoms with van der Waals surface area (Å²) in [5.74, 6) is 0.924. The van der Waals surface area contributed by atoms with E-state index in [0.717, 1.165) is 12.5 Å². The number of hydrogen-bond acceptors (Lipinski definition) is 3. The molecule has 1 aromatic rings. The molecule has 2 nitrogen and oxygen atoms in total. The summed E-state index contributed by atoms with van der Waals surface area (Å²) in [7, 11) is 0. The zero-order valence-corrected chi connectivity index (χ0v) is 8.52. The molecular formula is C10H16N2S. The molecule has 1 heterocycles. The fourth-order valence-electron chi connectivity index (χ4n) is 1.44. The first-order valence-corrected chi connectivity index (χ1v) is 5.80. The highest BCUT2D eigenvalue weighted by Crippen LogP contribution is 2.28. The van der Waals surface area contributed by atoms with Crippen LogP contribution in [0.25, 0.3) is 0 Å². The van der Waals surface area contributed by atoms with Crippen molar-refractivity contribution >= 4 is 11.3 Å². The second kappa shape index (κ2) is 4.22. The van der Waals surface area contributed by atoms with Crippen molar-refractivity contribution in [2.24, 2.45) is 11.7 Å². The Bertz CT molecular complexity index is 241. The van der Waals surface area contributed by atoms with Crippen LogP contribution in [0, 0.1) is 5.92 Å². The lowest BCUT2D eigenvalue weighted by molar-refractivity contribution is 0.523. The van der Waals surface area contributed by atoms with Crippen LogP contribution in [0.5, 0.6) is 0 Å². The van der Waals surface area contributed by atoms with Crippen molar-refractivity contribution in [3.63, 3.8) is 0 Å². The molecule has 0 aromatic carbocycles. The van der Waals surface area contributed by atoms with Gasteiger partial charge in [-0.2, -0.15) is 11.3 Å². The van der Waals surface area contributed by atoms with Crippen LogP contribution >= 0.6 is 11.3 Å². The van der Waals surface area contributed by atoms with Crippen LogP contribution in [0.1, 0.15) is 24.4 Å². The van der Waals surface area contributed by atoms with Crippen LogP contribution in [0.15, 0.2) is 16.8 Å². The summed E-state index contributed by atoms with van der Waals surface area (Å²) < 4.78 is 0. The molecule has 0 spiro atoms. The van der Waals surface area contributed by atoms with E-state index in [1.54, 1.807) is 11.3 Å². The summed E-state index contributed by atoms with van der Waals surface area (Å²) in [5.41, 5.74) is 7.05. The lowest BCUT2D eigenvalue weighted by Gasteiger charge is -2.14. The van der Waals surface area contributed by atoms with Crippen molar-refractivity contribution in [1.29, 1.82) is 0 Å². The first-order valence-electron chi connectivity index (χ1n) is 4.85. The molecule has 2 rings (SSSR count). The summed E-state index contributed by atoms with van der Waals surface area (Å²) in [6.07, 6.45) is 2.79. The van der Waals surface area contributed by atoms with Crippen molar-refractivity contribution in [3.8, 4) is 0 Å². The largest absolute Gasteiger partial charge is 0.329 e. The van der Waals surface area contributed by atoms with Gasteiger partial charge in [0.25, 0.3) is 0 Å². The molecule has 1 saturated carbocycles. The van der Waals surface area contributed by atoms with Crippen LogP contribution in [0.2, 0.25) is 0 Å². The lowest BCUT2D eigenvalue weighted by Crippen LogP contribution is -2.29. The van der Waals surface area contributed by atoms with Gasteiger partial charge in [-0.15, -0.1) is 0 Å². The van der Waals surface area contributed by atoms with Gasteiger partial charge in [0.05, 0.1) is 0 Å². The monoisotopic (exact) mass is 196 g/mol. The van der Waals surface area contributed by atoms with Crippen molar-refractivity contribution in [2.45, 2.75) is 18.9 Å². The van der Waals surface area contributed by atoms with Gasteiger partial charge in [0.1, 0.15) is 0 Å². The minimum atomic E-state index is 0.367. The highest BCUT2D eigenvalue weighted by atomic mass is 32.1. The molecule has 0 saturated heterocycles. The molecule has 13 heavy (non-hydrogen) atoms. The number of hydrogen-bond donors (Lipinski definition) is 2. The molecule has 1 fully saturated rings. The van der Waals surface area contributed by atoms with Crippen LogP contribution in [0.4, 0.5) is 0 Å². The zero-order valence-electron chi connectivity index (χ0n) is 7.70. The molecule has 0 amide bonds. The summed E-state index contributed by atoms with van der Waals surface area (Å²) in [4.78, 5) is 0. The molecule has 3 N–H and O–H groups in total. The third kappa shape index (κ3) is 2.53. The Labute approximate surface area is 83.1 Å². The van der Waals surface area contributed by atoms with Gasteiger partial charge in [-0.3, -0.25) is 0 Å². The van der Waals surface area contributed by atoms with Gasteiger partial charge in [0.15, 0.2) is 0 Å². The third-order valence-electron chi connectivity index (χ3n) is 2.53. The van der Waals surface area contributed by atoms with Crippen molar-refractivity contribution < 1.29 is 0 Å². The molecule has 72 valence electrons. The highest BCUT2D eigenvalue weighted by Gasteiger charge is 2.22. The van der Waals surface area contributed by atoms with E-state index < -0.39 is 0 Å². The Morgan fingerprint density at radius 3 is 3.00 bits per heavy atom. The third-order valence-corrected chi connectivity index (χ3v) is 3.23. The minimum Gasteiger partial charge on any atom is -0.329 e. The molecule has 1 aromatic heterocycles. The summed E-state index contributed by atoms with van der Waals surface area (Å²) >= 11 is 1.74. The van der Waals surface area contributed by atoms with E-state index in [2.05, 4.69) is 22.1 Å². The maximum absolute atomic E-state index is 5.71. The Morgan fingerprint density at radius 1 is 1.62 bits per heavy atom. The maximum atomic E-state index is 5.71. The predicted octanol–water partition coefficient (Wildman–Crippen LogP) is 1.75. The SMILES string of the molecule is NCC(NCC1CC1)c1ccsc1. The van der Waals surface area contributed by atoms with Gasteiger partial charge < -0.3 is 11.1 Å². The first kappa shape index (κ1) is 9.19. The topological polar surface area (TPSA) is 38.0 Å². The predicted molar refractivity (Wildman–Crippen MR) is 56.8 cm³/mol. The maximum Gasteiger partial charge on any atom is 0.0452 e. The molecule has 0 aliphatic heterocycles. The fourth-order valence-corrected chi connectivity index (χ4v) is 2.16. The molecule has 1 aliphatic carbocycles. The Morgan fingerprint density at radius 2 is 2.46 bits per heavy atom. The van der Waals surface area contributed by atoms with E-state index in [0.29, 0.717) is 12.6 Å². The number of rotatable bonds is 5. The first-order chi connectivity index (χ1) is 6.40. The van der Waals surface area contributed by atoms with E-state index in [-0.39, 0.29) is 0 Å². The van der Waals surface area contributed by atoms with Crippen molar-refractivity contribution in [1.82, 2.24) is 5.32 Å². The van der Waals surface area contributed by atoms with Crippen LogP contribution in [-0.2, 0) is 0 Å². The van der Waals surface area contributed by atoms with Gasteiger partial charge >= 0.3 is 0 Å². The normalized spacial score (nSPS) is 18.8. The number of thiophene rings is 1. The van der Waals surface area contributed by atoms with Crippen LogP contribution in [-0.4, -0.2) is 13.1 Å². The van der Waals surface area contributed by atoms with E-state index in [9.17, 15) is 0 Å². The van der Waals surface area contributed by atoms with Gasteiger partial charge in [0.2, 0.25) is 0 Å². The highest BCUT2D eigenvalue weighted by molar-refractivity contribution is 7.07. The van der Waals surface area contributed by atoms with E-state index in [4.69, 9.17) is 5.73 Å². The lowest BCUT2D eigenvalue weighted by atomic mass is 10.1. The Hall–Kier alpha value is -0.380. The quantitative estimate of drug-likeness (QED) is 0.753. The average molecular weight is 196 g/mol. The van der Waals surface area contributed by atoms with Gasteiger partial charge in [-0.1, -0.05) is 0 Å². The molecule has 0 radical (unpaired) electrons. The van der Waals surface area contributed by atoms with Crippen molar-refractivity contribution in [3.05, 3.63) is 22.4 Å². The van der Waals surface area contributed by atoms with E-state index in [1.807, 2.05) is 0 Å². The van der Waals surface area contributed by atoms with E-state index in [1.165, 1.54) is 18.4 Å². The standard InChI is InChI=1S/C10H16N2S/c11-5-10(9-3-4-13-7-9)12-6-8-1-2-8/h3-4,7-8,10,12H,1-2,5-6,11H2. The van der Waals surface area contributed by atoms with Gasteiger partial charge in [-0.25, -0.2) is 0 Å². The Kier molecular flexibility index (Phi) is 2.98. The fraction of sp³-hybridized carbons (Fsp3) is 0.600. The molecule has 1 atom stereocenters. The molecule has 1 aliphatic rings. The molecule has 0 bridgehead atoms. The van der Waals surface area contributed by atoms with E-state index >= 15 is 0 Å². The van der Waals surface area contributed by atoms with Crippen molar-refractivity contribution in [2.75, 3.05) is 13.1 Å². The van der Waals surface area contributed by atoms with Gasteiger partial charge in [-0.05, 0) is 47.7 Å². The summed E-state index contributed by atoms with van der Waals surface area (Å²) in [6, 6.07) is 2.52. The average Bonchev–Trinajstić information content (AvgIpc) is 2.81. The second-order valence-electron chi connectivity index (χ2n) is 3.70. The minimum absolute atomic E-state index is 0.367. The molecular weight excluding hydrogens is 180 g/mol. The summed E-state index contributed by atoms with van der Waals surface area (Å²) in [6.45, 7) is 1.83. The Balaban J connectivity index is 1.85. The number of nitrogens with one attached hydrogen (secondary N) is 1. The summed E-state index contributed by atoms with van der Waals surface area (Å²) in [5, 5.41) is 7.80. The van der Waals surface area contributed by atoms with Crippen LogP contribution < -0.4 is 11.1 Å². The zero-order chi connectivity index (χ0) is 9.10. The number of nitrogens with two attached hydrogens (primary N) is 1. The van der Waals surface area contributed by atoms with Gasteiger partial charge in [0, 0.05) is 12.6 Å².